The van der Waals surface area contributed by atoms with Gasteiger partial charge in [0.2, 0.25) is 11.8 Å². The highest BCUT2D eigenvalue weighted by Crippen LogP contribution is 2.24. The maximum atomic E-state index is 12.2. The Morgan fingerprint density at radius 3 is 2.67 bits per heavy atom. The summed E-state index contributed by atoms with van der Waals surface area (Å²) in [6.45, 7) is 1.79. The zero-order chi connectivity index (χ0) is 16.9. The van der Waals surface area contributed by atoms with E-state index in [2.05, 4.69) is 24.9 Å². The Kier molecular flexibility index (Phi) is 5.19. The second-order valence-corrected chi connectivity index (χ2v) is 6.41. The molecule has 1 saturated carbocycles. The number of nitrogens with zero attached hydrogens (tertiary/aromatic N) is 4. The molecule has 2 aromatic rings. The summed E-state index contributed by atoms with van der Waals surface area (Å²) in [5, 5.41) is 6.92. The topological polar surface area (TPSA) is 99.1 Å². The van der Waals surface area contributed by atoms with Crippen LogP contribution in [0.15, 0.2) is 12.4 Å². The molecule has 9 heteroatoms. The zero-order valence-electron chi connectivity index (χ0n) is 13.6. The number of nitrogens with one attached hydrogen (secondary N) is 1. The van der Waals surface area contributed by atoms with Gasteiger partial charge in [-0.3, -0.25) is 9.78 Å². The van der Waals surface area contributed by atoms with E-state index < -0.39 is 0 Å². The average molecular weight is 349 g/mol. The molecular formula is C15H19N5O3S. The Balaban J connectivity index is 1.49. The van der Waals surface area contributed by atoms with Gasteiger partial charge in [0, 0.05) is 6.04 Å². The number of carbonyl (C=O) groups is 1. The minimum Gasteiger partial charge on any atom is -0.480 e. The van der Waals surface area contributed by atoms with Crippen LogP contribution in [0.25, 0.3) is 0 Å². The summed E-state index contributed by atoms with van der Waals surface area (Å²) in [5.41, 5.74) is 0.672. The highest BCUT2D eigenvalue weighted by Gasteiger charge is 2.25. The molecule has 1 aliphatic carbocycles. The maximum Gasteiger partial charge on any atom is 0.265 e. The van der Waals surface area contributed by atoms with Crippen molar-refractivity contribution in [2.45, 2.75) is 44.8 Å². The summed E-state index contributed by atoms with van der Waals surface area (Å²) in [4.78, 5) is 21.0. The van der Waals surface area contributed by atoms with Crippen LogP contribution in [0.1, 0.15) is 41.0 Å². The van der Waals surface area contributed by atoms with Gasteiger partial charge in [0.15, 0.2) is 0 Å². The molecule has 0 aromatic carbocycles. The van der Waals surface area contributed by atoms with E-state index in [1.165, 1.54) is 6.20 Å². The van der Waals surface area contributed by atoms with E-state index in [0.717, 1.165) is 37.2 Å². The molecule has 1 fully saturated rings. The molecule has 1 amide bonds. The van der Waals surface area contributed by atoms with Crippen LogP contribution in [0.3, 0.4) is 0 Å². The lowest BCUT2D eigenvalue weighted by Crippen LogP contribution is -2.39. The van der Waals surface area contributed by atoms with Gasteiger partial charge in [-0.2, -0.15) is 4.98 Å². The van der Waals surface area contributed by atoms with Crippen LogP contribution in [0, 0.1) is 6.92 Å². The monoisotopic (exact) mass is 349 g/mol. The van der Waals surface area contributed by atoms with E-state index in [4.69, 9.17) is 9.47 Å². The van der Waals surface area contributed by atoms with Crippen LogP contribution in [0.4, 0.5) is 0 Å². The number of hydrogen-bond acceptors (Lipinski definition) is 8. The SMILES string of the molecule is COc1cncc(OC2CCC(NC(=O)c3snnc3C)CC2)n1. The van der Waals surface area contributed by atoms with Crippen molar-refractivity contribution in [3.05, 3.63) is 23.0 Å². The number of aryl methyl sites for hydroxylation is 1. The lowest BCUT2D eigenvalue weighted by molar-refractivity contribution is 0.0892. The second kappa shape index (κ2) is 7.52. The molecule has 3 rings (SSSR count). The Labute approximate surface area is 143 Å². The quantitative estimate of drug-likeness (QED) is 0.878. The van der Waals surface area contributed by atoms with E-state index in [-0.39, 0.29) is 18.1 Å². The molecular weight excluding hydrogens is 330 g/mol. The molecule has 0 atom stereocenters. The first kappa shape index (κ1) is 16.6. The van der Waals surface area contributed by atoms with Gasteiger partial charge in [0.25, 0.3) is 5.91 Å². The van der Waals surface area contributed by atoms with Crippen LogP contribution >= 0.6 is 11.5 Å². The molecule has 0 unspecified atom stereocenters. The van der Waals surface area contributed by atoms with Crippen molar-refractivity contribution in [3.8, 4) is 11.8 Å². The van der Waals surface area contributed by atoms with Gasteiger partial charge in [-0.25, -0.2) is 0 Å². The summed E-state index contributed by atoms with van der Waals surface area (Å²) >= 11 is 1.13. The van der Waals surface area contributed by atoms with Gasteiger partial charge in [-0.15, -0.1) is 5.10 Å². The van der Waals surface area contributed by atoms with Crippen LogP contribution in [-0.4, -0.2) is 44.7 Å². The first-order valence-corrected chi connectivity index (χ1v) is 8.55. The number of hydrogen-bond donors (Lipinski definition) is 1. The number of methoxy groups -OCH3 is 1. The Morgan fingerprint density at radius 2 is 2.00 bits per heavy atom. The van der Waals surface area contributed by atoms with Crippen LogP contribution in [0.5, 0.6) is 11.8 Å². The third-order valence-corrected chi connectivity index (χ3v) is 4.78. The molecule has 8 nitrogen and oxygen atoms in total. The first-order chi connectivity index (χ1) is 11.7. The van der Waals surface area contributed by atoms with Crippen molar-refractivity contribution in [2.75, 3.05) is 7.11 Å². The van der Waals surface area contributed by atoms with Crippen LogP contribution in [-0.2, 0) is 0 Å². The fourth-order valence-corrected chi connectivity index (χ4v) is 3.23. The normalized spacial score (nSPS) is 20.4. The van der Waals surface area contributed by atoms with E-state index in [1.807, 2.05) is 0 Å². The highest BCUT2D eigenvalue weighted by atomic mass is 32.1. The standard InChI is InChI=1S/C15H19N5O3S/c1-9-14(24-20-19-9)15(21)17-10-3-5-11(6-4-10)23-13-8-16-7-12(18-13)22-2/h7-8,10-11H,3-6H2,1-2H3,(H,17,21). The fraction of sp³-hybridized carbons (Fsp3) is 0.533. The lowest BCUT2D eigenvalue weighted by atomic mass is 9.93. The van der Waals surface area contributed by atoms with Gasteiger partial charge in [0.1, 0.15) is 11.0 Å². The van der Waals surface area contributed by atoms with Gasteiger partial charge < -0.3 is 14.8 Å². The van der Waals surface area contributed by atoms with Gasteiger partial charge >= 0.3 is 0 Å². The van der Waals surface area contributed by atoms with Crippen molar-refractivity contribution in [3.63, 3.8) is 0 Å². The second-order valence-electron chi connectivity index (χ2n) is 5.65. The summed E-state index contributed by atoms with van der Waals surface area (Å²) in [5.74, 6) is 0.806. The number of amides is 1. The molecule has 2 heterocycles. The summed E-state index contributed by atoms with van der Waals surface area (Å²) in [6.07, 6.45) is 6.61. The smallest absolute Gasteiger partial charge is 0.265 e. The Bertz CT molecular complexity index is 700. The van der Waals surface area contributed by atoms with E-state index in [1.54, 1.807) is 20.2 Å². The Hall–Kier alpha value is -2.29. The van der Waals surface area contributed by atoms with Crippen molar-refractivity contribution in [1.82, 2.24) is 24.9 Å². The number of aromatic nitrogens is 4. The van der Waals surface area contributed by atoms with Crippen molar-refractivity contribution in [2.24, 2.45) is 0 Å². The maximum absolute atomic E-state index is 12.2. The number of carbonyl (C=O) groups excluding carboxylic acids is 1. The van der Waals surface area contributed by atoms with Crippen LogP contribution < -0.4 is 14.8 Å². The molecule has 0 radical (unpaired) electrons. The minimum absolute atomic E-state index is 0.0753. The van der Waals surface area contributed by atoms with Crippen molar-refractivity contribution >= 4 is 17.4 Å². The van der Waals surface area contributed by atoms with Crippen LogP contribution in [0.2, 0.25) is 0 Å². The molecule has 1 aliphatic rings. The van der Waals surface area contributed by atoms with Gasteiger partial charge in [-0.05, 0) is 44.1 Å². The largest absolute Gasteiger partial charge is 0.480 e. The molecule has 2 aromatic heterocycles. The Morgan fingerprint density at radius 1 is 1.25 bits per heavy atom. The number of rotatable bonds is 5. The van der Waals surface area contributed by atoms with E-state index in [9.17, 15) is 4.79 Å². The van der Waals surface area contributed by atoms with Crippen molar-refractivity contribution in [1.29, 1.82) is 0 Å². The van der Waals surface area contributed by atoms with Gasteiger partial charge in [0.05, 0.1) is 25.2 Å². The molecule has 0 spiro atoms. The minimum atomic E-state index is -0.0921. The lowest BCUT2D eigenvalue weighted by Gasteiger charge is -2.29. The predicted octanol–water partition coefficient (Wildman–Crippen LogP) is 1.77. The van der Waals surface area contributed by atoms with Gasteiger partial charge in [-0.1, -0.05) is 4.49 Å². The van der Waals surface area contributed by atoms with Crippen molar-refractivity contribution < 1.29 is 14.3 Å². The van der Waals surface area contributed by atoms with E-state index >= 15 is 0 Å². The zero-order valence-corrected chi connectivity index (χ0v) is 14.4. The molecule has 0 saturated heterocycles. The first-order valence-electron chi connectivity index (χ1n) is 7.78. The average Bonchev–Trinajstić information content (AvgIpc) is 3.03. The molecule has 128 valence electrons. The van der Waals surface area contributed by atoms with E-state index in [0.29, 0.717) is 22.3 Å². The fourth-order valence-electron chi connectivity index (χ4n) is 2.67. The third kappa shape index (κ3) is 3.97. The molecule has 1 N–H and O–H groups in total. The molecule has 0 bridgehead atoms. The summed E-state index contributed by atoms with van der Waals surface area (Å²) < 4.78 is 14.7. The molecule has 0 aliphatic heterocycles. The number of ether oxygens (including phenoxy) is 2. The summed E-state index contributed by atoms with van der Waals surface area (Å²) in [6, 6.07) is 0.148. The molecule has 24 heavy (non-hydrogen) atoms. The third-order valence-electron chi connectivity index (χ3n) is 3.95. The summed E-state index contributed by atoms with van der Waals surface area (Å²) in [7, 11) is 1.54. The highest BCUT2D eigenvalue weighted by molar-refractivity contribution is 7.08. The predicted molar refractivity (Wildman–Crippen MR) is 87.4 cm³/mol.